The summed E-state index contributed by atoms with van der Waals surface area (Å²) in [5, 5.41) is 3.85. The fourth-order valence-electron chi connectivity index (χ4n) is 3.97. The van der Waals surface area contributed by atoms with E-state index < -0.39 is 5.92 Å². The lowest BCUT2D eigenvalue weighted by atomic mass is 9.78. The van der Waals surface area contributed by atoms with Crippen LogP contribution in [-0.4, -0.2) is 17.1 Å². The first-order valence-corrected chi connectivity index (χ1v) is 10.4. The number of carbonyl (C=O) groups is 1. The van der Waals surface area contributed by atoms with Gasteiger partial charge in [-0.1, -0.05) is 87.4 Å². The van der Waals surface area contributed by atoms with E-state index in [4.69, 9.17) is 12.2 Å². The van der Waals surface area contributed by atoms with Gasteiger partial charge in [-0.25, -0.2) is 0 Å². The number of rotatable bonds is 4. The molecule has 3 N–H and O–H groups in total. The molecule has 0 spiro atoms. The first-order chi connectivity index (χ1) is 13.6. The molecule has 148 valence electrons. The number of hydrogen-bond acceptors (Lipinski definition) is 2. The van der Waals surface area contributed by atoms with E-state index in [0.717, 1.165) is 17.5 Å². The number of hydrogen-bond donors (Lipinski definition) is 3. The van der Waals surface area contributed by atoms with Crippen LogP contribution < -0.4 is 16.2 Å². The van der Waals surface area contributed by atoms with E-state index in [1.165, 1.54) is 12.8 Å². The van der Waals surface area contributed by atoms with Gasteiger partial charge in [0.05, 0.1) is 5.92 Å². The summed E-state index contributed by atoms with van der Waals surface area (Å²) in [5.41, 5.74) is 7.60. The molecule has 0 unspecified atom stereocenters. The number of thiocarbonyl (C=S) groups is 1. The largest absolute Gasteiger partial charge is 0.358 e. The molecule has 0 aromatic heterocycles. The smallest absolute Gasteiger partial charge is 0.250 e. The summed E-state index contributed by atoms with van der Waals surface area (Å²) in [5.74, 6) is 0.715. The standard InChI is InChI=1S/C23H29N3OS/c1-16-10-9-15-20(17(16)2)24-23(28)26-25-22(27)21(18-11-5-3-6-12-18)19-13-7-4-8-14-19/h3-8,11-14,16-17,20-21H,9-10,15H2,1-2H3,(H,25,27)(H2,24,26,28)/t16-,17+,20-/m0/s1. The molecule has 5 heteroatoms. The van der Waals surface area contributed by atoms with Gasteiger partial charge in [0.25, 0.3) is 0 Å². The summed E-state index contributed by atoms with van der Waals surface area (Å²) in [6.45, 7) is 4.56. The second kappa shape index (κ2) is 9.69. The summed E-state index contributed by atoms with van der Waals surface area (Å²) in [6, 6.07) is 19.9. The average Bonchev–Trinajstić information content (AvgIpc) is 2.72. The highest BCUT2D eigenvalue weighted by Crippen LogP contribution is 2.29. The fraction of sp³-hybridized carbons (Fsp3) is 0.391. The Labute approximate surface area is 173 Å². The van der Waals surface area contributed by atoms with Crippen molar-refractivity contribution in [1.29, 1.82) is 0 Å². The maximum atomic E-state index is 13.0. The molecular weight excluding hydrogens is 366 g/mol. The van der Waals surface area contributed by atoms with Crippen LogP contribution in [0.3, 0.4) is 0 Å². The van der Waals surface area contributed by atoms with Crippen LogP contribution in [0, 0.1) is 11.8 Å². The van der Waals surface area contributed by atoms with E-state index in [1.54, 1.807) is 0 Å². The van der Waals surface area contributed by atoms with Gasteiger partial charge < -0.3 is 5.32 Å². The van der Waals surface area contributed by atoms with Crippen molar-refractivity contribution < 1.29 is 4.79 Å². The molecule has 0 bridgehead atoms. The van der Waals surface area contributed by atoms with Gasteiger partial charge in [0.1, 0.15) is 0 Å². The average molecular weight is 396 g/mol. The SMILES string of the molecule is C[C@H]1[C@@H](NC(=S)NNC(=O)C(c2ccccc2)c2ccccc2)CCC[C@@H]1C. The number of nitrogens with one attached hydrogen (secondary N) is 3. The third kappa shape index (κ3) is 5.10. The van der Waals surface area contributed by atoms with Gasteiger partial charge in [-0.15, -0.1) is 0 Å². The van der Waals surface area contributed by atoms with Crippen molar-refractivity contribution >= 4 is 23.2 Å². The molecule has 1 aliphatic carbocycles. The Morgan fingerprint density at radius 3 is 2.07 bits per heavy atom. The van der Waals surface area contributed by atoms with Crippen LogP contribution in [0.5, 0.6) is 0 Å². The summed E-state index contributed by atoms with van der Waals surface area (Å²) in [4.78, 5) is 13.0. The Bertz CT molecular complexity index is 741. The Balaban J connectivity index is 1.63. The Morgan fingerprint density at radius 2 is 1.50 bits per heavy atom. The minimum atomic E-state index is -0.397. The van der Waals surface area contributed by atoms with Crippen molar-refractivity contribution in [2.45, 2.75) is 45.1 Å². The van der Waals surface area contributed by atoms with Crippen LogP contribution in [-0.2, 0) is 4.79 Å². The molecule has 0 aliphatic heterocycles. The van der Waals surface area contributed by atoms with E-state index in [0.29, 0.717) is 23.0 Å². The van der Waals surface area contributed by atoms with E-state index >= 15 is 0 Å². The van der Waals surface area contributed by atoms with Crippen molar-refractivity contribution in [3.8, 4) is 0 Å². The molecule has 3 rings (SSSR count). The van der Waals surface area contributed by atoms with Crippen molar-refractivity contribution in [1.82, 2.24) is 16.2 Å². The molecule has 28 heavy (non-hydrogen) atoms. The summed E-state index contributed by atoms with van der Waals surface area (Å²) < 4.78 is 0. The number of benzene rings is 2. The molecule has 0 radical (unpaired) electrons. The van der Waals surface area contributed by atoms with Gasteiger partial charge in [0.2, 0.25) is 5.91 Å². The molecule has 3 atom stereocenters. The van der Waals surface area contributed by atoms with E-state index in [-0.39, 0.29) is 5.91 Å². The maximum Gasteiger partial charge on any atom is 0.250 e. The normalized spacial score (nSPS) is 21.8. The topological polar surface area (TPSA) is 53.2 Å². The van der Waals surface area contributed by atoms with Crippen LogP contribution >= 0.6 is 12.2 Å². The third-order valence-corrected chi connectivity index (χ3v) is 6.07. The van der Waals surface area contributed by atoms with Gasteiger partial charge in [0, 0.05) is 6.04 Å². The molecule has 1 saturated carbocycles. The fourth-order valence-corrected chi connectivity index (χ4v) is 4.17. The minimum absolute atomic E-state index is 0.133. The summed E-state index contributed by atoms with van der Waals surface area (Å²) in [6.07, 6.45) is 3.59. The maximum absolute atomic E-state index is 13.0. The Kier molecular flexibility index (Phi) is 7.04. The minimum Gasteiger partial charge on any atom is -0.358 e. The van der Waals surface area contributed by atoms with Crippen LogP contribution in [0.2, 0.25) is 0 Å². The number of amides is 1. The molecule has 0 heterocycles. The lowest BCUT2D eigenvalue weighted by Crippen LogP contribution is -2.53. The highest BCUT2D eigenvalue weighted by Gasteiger charge is 2.28. The van der Waals surface area contributed by atoms with Gasteiger partial charge in [-0.3, -0.25) is 15.6 Å². The lowest BCUT2D eigenvalue weighted by molar-refractivity contribution is -0.122. The lowest BCUT2D eigenvalue weighted by Gasteiger charge is -2.35. The Hall–Kier alpha value is -2.40. The Morgan fingerprint density at radius 1 is 0.929 bits per heavy atom. The second-order valence-electron chi connectivity index (χ2n) is 7.72. The first kappa shape index (κ1) is 20.3. The molecule has 4 nitrogen and oxygen atoms in total. The molecule has 0 saturated heterocycles. The van der Waals surface area contributed by atoms with E-state index in [9.17, 15) is 4.79 Å². The number of hydrazine groups is 1. The highest BCUT2D eigenvalue weighted by atomic mass is 32.1. The first-order valence-electron chi connectivity index (χ1n) is 10.0. The van der Waals surface area contributed by atoms with Crippen molar-refractivity contribution in [3.05, 3.63) is 71.8 Å². The van der Waals surface area contributed by atoms with Crippen LogP contribution in [0.25, 0.3) is 0 Å². The van der Waals surface area contributed by atoms with Gasteiger partial charge >= 0.3 is 0 Å². The number of carbonyl (C=O) groups excluding carboxylic acids is 1. The highest BCUT2D eigenvalue weighted by molar-refractivity contribution is 7.80. The van der Waals surface area contributed by atoms with E-state index in [2.05, 4.69) is 30.0 Å². The zero-order valence-corrected chi connectivity index (χ0v) is 17.3. The van der Waals surface area contributed by atoms with Gasteiger partial charge in [-0.05, 0) is 41.6 Å². The van der Waals surface area contributed by atoms with Crippen LogP contribution in [0.1, 0.15) is 50.2 Å². The zero-order chi connectivity index (χ0) is 19.9. The molecule has 1 amide bonds. The third-order valence-electron chi connectivity index (χ3n) is 5.85. The van der Waals surface area contributed by atoms with Crippen LogP contribution in [0.4, 0.5) is 0 Å². The van der Waals surface area contributed by atoms with Crippen molar-refractivity contribution in [3.63, 3.8) is 0 Å². The predicted molar refractivity (Wildman–Crippen MR) is 118 cm³/mol. The van der Waals surface area contributed by atoms with Crippen LogP contribution in [0.15, 0.2) is 60.7 Å². The van der Waals surface area contributed by atoms with Crippen molar-refractivity contribution in [2.24, 2.45) is 11.8 Å². The molecule has 2 aromatic rings. The summed E-state index contributed by atoms with van der Waals surface area (Å²) >= 11 is 5.43. The van der Waals surface area contributed by atoms with E-state index in [1.807, 2.05) is 60.7 Å². The zero-order valence-electron chi connectivity index (χ0n) is 16.5. The summed E-state index contributed by atoms with van der Waals surface area (Å²) in [7, 11) is 0. The second-order valence-corrected chi connectivity index (χ2v) is 8.12. The molecule has 2 aromatic carbocycles. The molecule has 1 fully saturated rings. The predicted octanol–water partition coefficient (Wildman–Crippen LogP) is 4.14. The van der Waals surface area contributed by atoms with Gasteiger partial charge in [0.15, 0.2) is 5.11 Å². The van der Waals surface area contributed by atoms with Crippen molar-refractivity contribution in [2.75, 3.05) is 0 Å². The van der Waals surface area contributed by atoms with Gasteiger partial charge in [-0.2, -0.15) is 0 Å². The monoisotopic (exact) mass is 395 g/mol. The molecule has 1 aliphatic rings. The molecular formula is C23H29N3OS. The quantitative estimate of drug-likeness (QED) is 0.538.